The third-order valence-electron chi connectivity index (χ3n) is 6.29. The molecule has 8 nitrogen and oxygen atoms in total. The first-order valence-corrected chi connectivity index (χ1v) is 10.9. The average Bonchev–Trinajstić information content (AvgIpc) is 3.02. The maximum Gasteiger partial charge on any atom is 0.325 e. The summed E-state index contributed by atoms with van der Waals surface area (Å²) in [6.07, 6.45) is 1.33. The fourth-order valence-electron chi connectivity index (χ4n) is 4.58. The van der Waals surface area contributed by atoms with E-state index in [1.807, 2.05) is 42.5 Å². The number of imide groups is 1. The minimum Gasteiger partial charge on any atom is -0.466 e. The summed E-state index contributed by atoms with van der Waals surface area (Å²) in [4.78, 5) is 53.6. The van der Waals surface area contributed by atoms with Crippen LogP contribution in [-0.4, -0.2) is 59.9 Å². The molecule has 0 saturated carbocycles. The summed E-state index contributed by atoms with van der Waals surface area (Å²) in [7, 11) is 0. The van der Waals surface area contributed by atoms with E-state index in [-0.39, 0.29) is 30.9 Å². The second-order valence-electron chi connectivity index (χ2n) is 8.40. The number of likely N-dealkylation sites (tertiary alicyclic amines) is 1. The lowest BCUT2D eigenvalue weighted by Crippen LogP contribution is -2.48. The van der Waals surface area contributed by atoms with Crippen LogP contribution in [0.1, 0.15) is 32.3 Å². The van der Waals surface area contributed by atoms with E-state index >= 15 is 0 Å². The van der Waals surface area contributed by atoms with Crippen LogP contribution in [0.3, 0.4) is 0 Å². The van der Waals surface area contributed by atoms with Gasteiger partial charge in [-0.3, -0.25) is 19.3 Å². The molecule has 2 unspecified atom stereocenters. The fraction of sp³-hybridized carbons (Fsp3) is 0.417. The Bertz CT molecular complexity index is 1080. The molecule has 2 aliphatic rings. The van der Waals surface area contributed by atoms with Gasteiger partial charge in [0.25, 0.3) is 5.91 Å². The molecular formula is C24H27N3O5. The van der Waals surface area contributed by atoms with Crippen LogP contribution in [0, 0.1) is 5.92 Å². The Morgan fingerprint density at radius 2 is 1.91 bits per heavy atom. The van der Waals surface area contributed by atoms with E-state index in [1.165, 1.54) is 0 Å². The van der Waals surface area contributed by atoms with E-state index in [1.54, 1.807) is 18.7 Å². The zero-order chi connectivity index (χ0) is 22.9. The third kappa shape index (κ3) is 3.81. The van der Waals surface area contributed by atoms with Gasteiger partial charge >= 0.3 is 12.0 Å². The molecule has 2 aromatic carbocycles. The fourth-order valence-corrected chi connectivity index (χ4v) is 4.58. The predicted molar refractivity (Wildman–Crippen MR) is 117 cm³/mol. The van der Waals surface area contributed by atoms with Crippen molar-refractivity contribution < 1.29 is 23.9 Å². The number of esters is 1. The number of nitrogens with zero attached hydrogens (tertiary/aromatic N) is 2. The summed E-state index contributed by atoms with van der Waals surface area (Å²) in [5.74, 6) is -1.52. The number of hydrogen-bond acceptors (Lipinski definition) is 5. The van der Waals surface area contributed by atoms with Crippen LogP contribution in [0.25, 0.3) is 10.8 Å². The quantitative estimate of drug-likeness (QED) is 0.573. The number of carbonyl (C=O) groups excluding carboxylic acids is 4. The first-order valence-electron chi connectivity index (χ1n) is 10.9. The van der Waals surface area contributed by atoms with Crippen molar-refractivity contribution in [2.75, 3.05) is 26.2 Å². The first-order chi connectivity index (χ1) is 15.3. The lowest BCUT2D eigenvalue weighted by Gasteiger charge is -2.32. The minimum atomic E-state index is -1.27. The third-order valence-corrected chi connectivity index (χ3v) is 6.29. The molecule has 0 radical (unpaired) electrons. The predicted octanol–water partition coefficient (Wildman–Crippen LogP) is 2.41. The molecule has 0 aliphatic carbocycles. The number of piperidine rings is 1. The van der Waals surface area contributed by atoms with Crippen molar-refractivity contribution in [3.63, 3.8) is 0 Å². The Hall–Kier alpha value is -3.42. The number of hydrogen-bond donors (Lipinski definition) is 1. The van der Waals surface area contributed by atoms with Gasteiger partial charge in [-0.1, -0.05) is 42.5 Å². The molecule has 2 heterocycles. The van der Waals surface area contributed by atoms with Crippen LogP contribution in [0.4, 0.5) is 4.79 Å². The maximum atomic E-state index is 13.4. The molecular weight excluding hydrogens is 410 g/mol. The number of urea groups is 1. The van der Waals surface area contributed by atoms with Crippen LogP contribution < -0.4 is 5.32 Å². The molecule has 168 valence electrons. The summed E-state index contributed by atoms with van der Waals surface area (Å²) < 4.78 is 5.08. The highest BCUT2D eigenvalue weighted by atomic mass is 16.5. The number of ether oxygens (including phenoxy) is 1. The Kier molecular flexibility index (Phi) is 5.86. The largest absolute Gasteiger partial charge is 0.466 e. The van der Waals surface area contributed by atoms with Crippen LogP contribution in [0.5, 0.6) is 0 Å². The van der Waals surface area contributed by atoms with E-state index in [0.29, 0.717) is 31.6 Å². The first kappa shape index (κ1) is 21.8. The Labute approximate surface area is 186 Å². The van der Waals surface area contributed by atoms with Crippen LogP contribution >= 0.6 is 0 Å². The lowest BCUT2D eigenvalue weighted by molar-refractivity contribution is -0.152. The number of fused-ring (bicyclic) bond motifs is 1. The zero-order valence-electron chi connectivity index (χ0n) is 18.3. The lowest BCUT2D eigenvalue weighted by atomic mass is 9.88. The standard InChI is InChI=1S/C24H27N3O5/c1-3-32-21(29)17-10-7-13-26(14-17)20(28)15-27-22(30)24(2,25-23(27)31)19-12-6-9-16-8-4-5-11-18(16)19/h4-6,8-9,11-12,17H,3,7,10,13-15H2,1-2H3,(H,25,31). The number of nitrogens with one attached hydrogen (secondary N) is 1. The van der Waals surface area contributed by atoms with E-state index < -0.39 is 17.5 Å². The molecule has 0 aromatic heterocycles. The monoisotopic (exact) mass is 437 g/mol. The smallest absolute Gasteiger partial charge is 0.325 e. The summed E-state index contributed by atoms with van der Waals surface area (Å²) in [6.45, 7) is 4.06. The molecule has 2 atom stereocenters. The molecule has 2 aliphatic heterocycles. The molecule has 8 heteroatoms. The van der Waals surface area contributed by atoms with Gasteiger partial charge in [-0.25, -0.2) is 4.79 Å². The normalized spacial score (nSPS) is 23.4. The van der Waals surface area contributed by atoms with E-state index in [4.69, 9.17) is 4.74 Å². The van der Waals surface area contributed by atoms with Crippen LogP contribution in [-0.2, 0) is 24.7 Å². The van der Waals surface area contributed by atoms with Crippen molar-refractivity contribution in [1.82, 2.24) is 15.1 Å². The van der Waals surface area contributed by atoms with Gasteiger partial charge in [-0.05, 0) is 43.0 Å². The van der Waals surface area contributed by atoms with Crippen molar-refractivity contribution in [2.24, 2.45) is 5.92 Å². The van der Waals surface area contributed by atoms with Crippen molar-refractivity contribution in [3.05, 3.63) is 48.0 Å². The topological polar surface area (TPSA) is 96.0 Å². The highest BCUT2D eigenvalue weighted by molar-refractivity contribution is 6.10. The van der Waals surface area contributed by atoms with Crippen molar-refractivity contribution in [2.45, 2.75) is 32.2 Å². The van der Waals surface area contributed by atoms with E-state index in [2.05, 4.69) is 5.32 Å². The summed E-state index contributed by atoms with van der Waals surface area (Å²) >= 11 is 0. The molecule has 4 rings (SSSR count). The summed E-state index contributed by atoms with van der Waals surface area (Å²) in [6, 6.07) is 12.7. The Morgan fingerprint density at radius 3 is 2.69 bits per heavy atom. The van der Waals surface area contributed by atoms with Crippen molar-refractivity contribution >= 4 is 34.6 Å². The average molecular weight is 437 g/mol. The Morgan fingerprint density at radius 1 is 1.16 bits per heavy atom. The number of benzene rings is 2. The minimum absolute atomic E-state index is 0.238. The second kappa shape index (κ2) is 8.61. The van der Waals surface area contributed by atoms with Crippen LogP contribution in [0.2, 0.25) is 0 Å². The van der Waals surface area contributed by atoms with Crippen molar-refractivity contribution in [1.29, 1.82) is 0 Å². The van der Waals surface area contributed by atoms with Gasteiger partial charge in [0.15, 0.2) is 0 Å². The van der Waals surface area contributed by atoms with Gasteiger partial charge < -0.3 is 15.0 Å². The van der Waals surface area contributed by atoms with E-state index in [9.17, 15) is 19.2 Å². The highest BCUT2D eigenvalue weighted by Gasteiger charge is 2.50. The molecule has 0 spiro atoms. The number of carbonyl (C=O) groups is 4. The SMILES string of the molecule is CCOC(=O)C1CCCN(C(=O)CN2C(=O)NC(C)(c3cccc4ccccc34)C2=O)C1. The van der Waals surface area contributed by atoms with Crippen LogP contribution in [0.15, 0.2) is 42.5 Å². The number of rotatable bonds is 5. The molecule has 1 N–H and O–H groups in total. The second-order valence-corrected chi connectivity index (χ2v) is 8.40. The highest BCUT2D eigenvalue weighted by Crippen LogP contribution is 2.34. The number of amides is 4. The van der Waals surface area contributed by atoms with Gasteiger partial charge in [0.1, 0.15) is 12.1 Å². The zero-order valence-corrected chi connectivity index (χ0v) is 18.3. The van der Waals surface area contributed by atoms with Gasteiger partial charge in [-0.15, -0.1) is 0 Å². The molecule has 32 heavy (non-hydrogen) atoms. The van der Waals surface area contributed by atoms with E-state index in [0.717, 1.165) is 15.7 Å². The molecule has 2 fully saturated rings. The summed E-state index contributed by atoms with van der Waals surface area (Å²) in [5.41, 5.74) is -0.586. The van der Waals surface area contributed by atoms with Gasteiger partial charge in [0.05, 0.1) is 12.5 Å². The van der Waals surface area contributed by atoms with Crippen molar-refractivity contribution in [3.8, 4) is 0 Å². The van der Waals surface area contributed by atoms with Gasteiger partial charge in [0, 0.05) is 13.1 Å². The maximum absolute atomic E-state index is 13.4. The molecule has 4 amide bonds. The molecule has 0 bridgehead atoms. The Balaban J connectivity index is 1.52. The molecule has 2 saturated heterocycles. The van der Waals surface area contributed by atoms with Gasteiger partial charge in [-0.2, -0.15) is 0 Å². The van der Waals surface area contributed by atoms with Gasteiger partial charge in [0.2, 0.25) is 5.91 Å². The summed E-state index contributed by atoms with van der Waals surface area (Å²) in [5, 5.41) is 4.61. The molecule has 2 aromatic rings.